The molecule has 2 N–H and O–H groups in total. The lowest BCUT2D eigenvalue weighted by Gasteiger charge is -2.18. The Morgan fingerprint density at radius 3 is 2.93 bits per heavy atom. The van der Waals surface area contributed by atoms with Crippen LogP contribution >= 0.6 is 11.3 Å². The zero-order valence-electron chi connectivity index (χ0n) is 15.8. The van der Waals surface area contributed by atoms with Gasteiger partial charge in [-0.25, -0.2) is 15.0 Å². The van der Waals surface area contributed by atoms with Gasteiger partial charge in [-0.05, 0) is 49.8 Å². The van der Waals surface area contributed by atoms with Crippen molar-refractivity contribution in [2.45, 2.75) is 38.1 Å². The molecule has 0 fully saturated rings. The summed E-state index contributed by atoms with van der Waals surface area (Å²) in [6, 6.07) is 3.59. The molecule has 4 heterocycles. The first-order chi connectivity index (χ1) is 14.3. The molecule has 1 unspecified atom stereocenters. The highest BCUT2D eigenvalue weighted by molar-refractivity contribution is 7.19. The van der Waals surface area contributed by atoms with Gasteiger partial charge in [0.1, 0.15) is 22.1 Å². The lowest BCUT2D eigenvalue weighted by Crippen LogP contribution is -2.14. The summed E-state index contributed by atoms with van der Waals surface area (Å²) in [7, 11) is 0. The fraction of sp³-hybridized carbons (Fsp3) is 0.333. The van der Waals surface area contributed by atoms with Gasteiger partial charge in [0.15, 0.2) is 5.82 Å². The van der Waals surface area contributed by atoms with Gasteiger partial charge in [0, 0.05) is 23.9 Å². The van der Waals surface area contributed by atoms with Crippen LogP contribution in [0.5, 0.6) is 0 Å². The Hall–Kier alpha value is -2.84. The number of hydrogen-bond acceptors (Lipinski definition) is 8. The van der Waals surface area contributed by atoms with Crippen molar-refractivity contribution in [1.82, 2.24) is 19.9 Å². The van der Waals surface area contributed by atoms with Crippen molar-refractivity contribution in [1.29, 1.82) is 0 Å². The van der Waals surface area contributed by atoms with Crippen molar-refractivity contribution >= 4 is 27.4 Å². The number of nitrogens with zero attached hydrogens (tertiary/aromatic N) is 4. The largest absolute Gasteiger partial charge is 0.467 e. The van der Waals surface area contributed by atoms with E-state index in [9.17, 15) is 5.11 Å². The van der Waals surface area contributed by atoms with Crippen LogP contribution in [-0.2, 0) is 12.8 Å². The molecule has 29 heavy (non-hydrogen) atoms. The van der Waals surface area contributed by atoms with E-state index in [1.54, 1.807) is 36.2 Å². The first-order valence-electron chi connectivity index (χ1n) is 9.83. The van der Waals surface area contributed by atoms with Crippen molar-refractivity contribution in [2.24, 2.45) is 0 Å². The molecule has 4 aromatic rings. The summed E-state index contributed by atoms with van der Waals surface area (Å²) in [5.41, 5.74) is 1.99. The third-order valence-electron chi connectivity index (χ3n) is 5.22. The molecule has 148 valence electrons. The molecule has 8 heteroatoms. The lowest BCUT2D eigenvalue weighted by molar-refractivity contribution is 0.273. The summed E-state index contributed by atoms with van der Waals surface area (Å²) < 4.78 is 5.60. The molecule has 1 aliphatic rings. The minimum absolute atomic E-state index is 0.0470. The average Bonchev–Trinajstić information content (AvgIpc) is 3.42. The summed E-state index contributed by atoms with van der Waals surface area (Å²) in [5, 5.41) is 14.2. The summed E-state index contributed by atoms with van der Waals surface area (Å²) in [6.45, 7) is 0.0470. The van der Waals surface area contributed by atoms with E-state index in [0.717, 1.165) is 34.6 Å². The third-order valence-corrected chi connectivity index (χ3v) is 6.41. The Morgan fingerprint density at radius 2 is 2.14 bits per heavy atom. The fourth-order valence-electron chi connectivity index (χ4n) is 3.86. The van der Waals surface area contributed by atoms with Crippen LogP contribution in [0.3, 0.4) is 0 Å². The SMILES string of the molecule is OCCC(Nc1nc(-c2cnccn2)nc2sc3c(c12)CCCC3)c1ccco1. The third kappa shape index (κ3) is 3.49. The molecular weight excluding hydrogens is 386 g/mol. The maximum atomic E-state index is 9.58. The second-order valence-corrected chi connectivity index (χ2v) is 8.19. The van der Waals surface area contributed by atoms with Gasteiger partial charge in [-0.15, -0.1) is 11.3 Å². The average molecular weight is 407 g/mol. The quantitative estimate of drug-likeness (QED) is 0.495. The normalized spacial score (nSPS) is 14.7. The molecule has 4 aromatic heterocycles. The maximum Gasteiger partial charge on any atom is 0.183 e. The summed E-state index contributed by atoms with van der Waals surface area (Å²) in [5.74, 6) is 2.09. The van der Waals surface area contributed by atoms with Crippen LogP contribution in [0.2, 0.25) is 0 Å². The molecular formula is C21H21N5O2S. The van der Waals surface area contributed by atoms with Gasteiger partial charge < -0.3 is 14.8 Å². The van der Waals surface area contributed by atoms with Gasteiger partial charge in [0.2, 0.25) is 0 Å². The van der Waals surface area contributed by atoms with Crippen LogP contribution in [0.1, 0.15) is 41.5 Å². The molecule has 5 rings (SSSR count). The number of fused-ring (bicyclic) bond motifs is 3. The molecule has 0 saturated carbocycles. The minimum Gasteiger partial charge on any atom is -0.467 e. The molecule has 0 radical (unpaired) electrons. The number of thiophene rings is 1. The van der Waals surface area contributed by atoms with Crippen molar-refractivity contribution in [3.8, 4) is 11.5 Å². The monoisotopic (exact) mass is 407 g/mol. The van der Waals surface area contributed by atoms with E-state index in [-0.39, 0.29) is 12.6 Å². The molecule has 0 aromatic carbocycles. The number of aromatic nitrogens is 4. The van der Waals surface area contributed by atoms with Crippen molar-refractivity contribution in [3.05, 3.63) is 53.2 Å². The minimum atomic E-state index is -0.179. The second-order valence-electron chi connectivity index (χ2n) is 7.10. The molecule has 7 nitrogen and oxygen atoms in total. The number of nitrogens with one attached hydrogen (secondary N) is 1. The van der Waals surface area contributed by atoms with Crippen LogP contribution in [0.4, 0.5) is 5.82 Å². The Morgan fingerprint density at radius 1 is 1.21 bits per heavy atom. The van der Waals surface area contributed by atoms with Gasteiger partial charge in [0.05, 0.1) is 23.9 Å². The lowest BCUT2D eigenvalue weighted by atomic mass is 9.97. The second kappa shape index (κ2) is 7.88. The number of furan rings is 1. The van der Waals surface area contributed by atoms with Gasteiger partial charge >= 0.3 is 0 Å². The molecule has 1 aliphatic carbocycles. The van der Waals surface area contributed by atoms with Crippen LogP contribution in [0.25, 0.3) is 21.7 Å². The number of anilines is 1. The van der Waals surface area contributed by atoms with Gasteiger partial charge in [-0.3, -0.25) is 4.98 Å². The number of aliphatic hydroxyl groups excluding tert-OH is 1. The zero-order valence-corrected chi connectivity index (χ0v) is 16.7. The zero-order chi connectivity index (χ0) is 19.6. The molecule has 0 bridgehead atoms. The Balaban J connectivity index is 1.66. The Labute approximate surface area is 171 Å². The Kier molecular flexibility index (Phi) is 4.95. The highest BCUT2D eigenvalue weighted by atomic mass is 32.1. The smallest absolute Gasteiger partial charge is 0.183 e. The fourth-order valence-corrected chi connectivity index (χ4v) is 5.12. The van der Waals surface area contributed by atoms with E-state index in [2.05, 4.69) is 15.3 Å². The summed E-state index contributed by atoms with van der Waals surface area (Å²) in [6.07, 6.45) is 11.7. The van der Waals surface area contributed by atoms with Gasteiger partial charge in [-0.2, -0.15) is 0 Å². The predicted octanol–water partition coefficient (Wildman–Crippen LogP) is 4.16. The number of hydrogen-bond donors (Lipinski definition) is 2. The molecule has 1 atom stereocenters. The number of rotatable bonds is 6. The highest BCUT2D eigenvalue weighted by Crippen LogP contribution is 2.40. The van der Waals surface area contributed by atoms with Gasteiger partial charge in [0.25, 0.3) is 0 Å². The topological polar surface area (TPSA) is 97.0 Å². The van der Waals surface area contributed by atoms with Crippen molar-refractivity contribution < 1.29 is 9.52 Å². The van der Waals surface area contributed by atoms with E-state index in [4.69, 9.17) is 14.4 Å². The van der Waals surface area contributed by atoms with E-state index in [1.807, 2.05) is 12.1 Å². The van der Waals surface area contributed by atoms with E-state index in [1.165, 1.54) is 23.3 Å². The van der Waals surface area contributed by atoms with Crippen LogP contribution in [0, 0.1) is 0 Å². The summed E-state index contributed by atoms with van der Waals surface area (Å²) >= 11 is 1.75. The van der Waals surface area contributed by atoms with E-state index < -0.39 is 0 Å². The molecule has 0 spiro atoms. The standard InChI is InChI=1S/C21H21N5O2S/c27-10-7-14(16-5-3-11-28-16)24-20-18-13-4-1-2-6-17(13)29-21(18)26-19(25-20)15-12-22-8-9-23-15/h3,5,8-9,11-12,14,27H,1-2,4,6-7,10H2,(H,24,25,26). The van der Waals surface area contributed by atoms with Crippen molar-refractivity contribution in [3.63, 3.8) is 0 Å². The molecule has 0 saturated heterocycles. The van der Waals surface area contributed by atoms with Gasteiger partial charge in [-0.1, -0.05) is 0 Å². The predicted molar refractivity (Wildman–Crippen MR) is 112 cm³/mol. The van der Waals surface area contributed by atoms with E-state index >= 15 is 0 Å². The molecule has 0 amide bonds. The van der Waals surface area contributed by atoms with Crippen LogP contribution in [0.15, 0.2) is 41.4 Å². The van der Waals surface area contributed by atoms with Crippen LogP contribution < -0.4 is 5.32 Å². The Bertz CT molecular complexity index is 1110. The van der Waals surface area contributed by atoms with Crippen LogP contribution in [-0.4, -0.2) is 31.6 Å². The summed E-state index contributed by atoms with van der Waals surface area (Å²) in [4.78, 5) is 20.6. The van der Waals surface area contributed by atoms with E-state index in [0.29, 0.717) is 17.9 Å². The number of aryl methyl sites for hydroxylation is 2. The number of aliphatic hydroxyl groups is 1. The van der Waals surface area contributed by atoms with Crippen molar-refractivity contribution in [2.75, 3.05) is 11.9 Å². The first kappa shape index (κ1) is 18.2. The first-order valence-corrected chi connectivity index (χ1v) is 10.6. The molecule has 0 aliphatic heterocycles. The highest BCUT2D eigenvalue weighted by Gasteiger charge is 2.24. The maximum absolute atomic E-state index is 9.58.